The molecule has 0 bridgehead atoms. The Labute approximate surface area is 353 Å². The molecule has 1 saturated heterocycles. The largest absolute Gasteiger partial charge is 0.462 e. The highest BCUT2D eigenvalue weighted by Gasteiger charge is 2.44. The van der Waals surface area contributed by atoms with Gasteiger partial charge in [0.2, 0.25) is 0 Å². The molecule has 4 N–H and O–H groups in total. The van der Waals surface area contributed by atoms with Crippen LogP contribution >= 0.6 is 0 Å². The number of hydrogen-bond donors (Lipinski definition) is 4. The topological polar surface area (TPSA) is 152 Å². The third kappa shape index (κ3) is 30.0. The van der Waals surface area contributed by atoms with Crippen LogP contribution in [0.25, 0.3) is 0 Å². The number of aliphatic hydroxyl groups is 4. The van der Waals surface area contributed by atoms with Gasteiger partial charge >= 0.3 is 11.9 Å². The molecule has 0 spiro atoms. The van der Waals surface area contributed by atoms with Gasteiger partial charge in [-0.15, -0.1) is 0 Å². The predicted molar refractivity (Wildman–Crippen MR) is 233 cm³/mol. The Kier molecular flexibility index (Phi) is 36.3. The lowest BCUT2D eigenvalue weighted by Crippen LogP contribution is -2.59. The van der Waals surface area contributed by atoms with E-state index in [4.69, 9.17) is 18.9 Å². The van der Waals surface area contributed by atoms with Crippen LogP contribution in [0, 0.1) is 0 Å². The second kappa shape index (κ2) is 39.1. The predicted octanol–water partition coefficient (Wildman–Crippen LogP) is 10.3. The summed E-state index contributed by atoms with van der Waals surface area (Å²) in [7, 11) is 0. The molecule has 0 aromatic heterocycles. The number of carbonyl (C=O) groups excluding carboxylic acids is 2. The van der Waals surface area contributed by atoms with Gasteiger partial charge in [0.1, 0.15) is 31.0 Å². The first-order valence-corrected chi connectivity index (χ1v) is 23.6. The molecule has 1 rings (SSSR count). The molecule has 0 aliphatic carbocycles. The van der Waals surface area contributed by atoms with Crippen LogP contribution < -0.4 is 0 Å². The van der Waals surface area contributed by atoms with Crippen molar-refractivity contribution < 1.29 is 49.0 Å². The van der Waals surface area contributed by atoms with E-state index in [1.54, 1.807) is 0 Å². The van der Waals surface area contributed by atoms with E-state index >= 15 is 0 Å². The van der Waals surface area contributed by atoms with Gasteiger partial charge in [0.05, 0.1) is 13.2 Å². The zero-order valence-electron chi connectivity index (χ0n) is 36.8. The third-order valence-electron chi connectivity index (χ3n) is 10.8. The van der Waals surface area contributed by atoms with Gasteiger partial charge in [-0.05, 0) is 44.9 Å². The van der Waals surface area contributed by atoms with Crippen molar-refractivity contribution >= 4 is 11.9 Å². The zero-order chi connectivity index (χ0) is 42.3. The van der Waals surface area contributed by atoms with Crippen molar-refractivity contribution in [1.82, 2.24) is 0 Å². The summed E-state index contributed by atoms with van der Waals surface area (Å²) in [6, 6.07) is 0. The molecule has 0 aromatic carbocycles. The van der Waals surface area contributed by atoms with Crippen LogP contribution in [0.5, 0.6) is 0 Å². The van der Waals surface area contributed by atoms with E-state index in [2.05, 4.69) is 44.2 Å². The van der Waals surface area contributed by atoms with Crippen molar-refractivity contribution in [3.05, 3.63) is 36.5 Å². The molecule has 1 fully saturated rings. The lowest BCUT2D eigenvalue weighted by Gasteiger charge is -2.39. The number of esters is 2. The fourth-order valence-corrected chi connectivity index (χ4v) is 7.03. The van der Waals surface area contributed by atoms with Crippen LogP contribution in [-0.2, 0) is 28.5 Å². The normalized spacial score (nSPS) is 20.4. The quantitative estimate of drug-likeness (QED) is 0.0268. The molecule has 1 heterocycles. The lowest BCUT2D eigenvalue weighted by molar-refractivity contribution is -0.305. The van der Waals surface area contributed by atoms with Gasteiger partial charge in [-0.2, -0.15) is 0 Å². The van der Waals surface area contributed by atoms with E-state index < -0.39 is 49.4 Å². The molecule has 10 heteroatoms. The van der Waals surface area contributed by atoms with E-state index in [-0.39, 0.29) is 32.0 Å². The van der Waals surface area contributed by atoms with Gasteiger partial charge in [-0.3, -0.25) is 9.59 Å². The first-order valence-electron chi connectivity index (χ1n) is 23.6. The second-order valence-electron chi connectivity index (χ2n) is 16.2. The van der Waals surface area contributed by atoms with Gasteiger partial charge in [-0.25, -0.2) is 0 Å². The molecular weight excluding hydrogens is 737 g/mol. The maximum atomic E-state index is 12.8. The first kappa shape index (κ1) is 53.9. The van der Waals surface area contributed by atoms with E-state index in [1.165, 1.54) is 122 Å². The highest BCUT2D eigenvalue weighted by atomic mass is 16.7. The first-order chi connectivity index (χ1) is 28.3. The van der Waals surface area contributed by atoms with Crippen molar-refractivity contribution in [2.45, 2.75) is 237 Å². The van der Waals surface area contributed by atoms with Crippen molar-refractivity contribution in [2.75, 3.05) is 19.8 Å². The average molecular weight is 823 g/mol. The Morgan fingerprint density at radius 3 is 1.50 bits per heavy atom. The van der Waals surface area contributed by atoms with E-state index in [0.717, 1.165) is 38.5 Å². The van der Waals surface area contributed by atoms with Crippen LogP contribution in [0.15, 0.2) is 36.5 Å². The van der Waals surface area contributed by atoms with Gasteiger partial charge in [-0.1, -0.05) is 179 Å². The number of ether oxygens (including phenoxy) is 4. The lowest BCUT2D eigenvalue weighted by atomic mass is 9.99. The Morgan fingerprint density at radius 2 is 0.983 bits per heavy atom. The van der Waals surface area contributed by atoms with Crippen LogP contribution in [-0.4, -0.2) is 89.0 Å². The monoisotopic (exact) mass is 823 g/mol. The molecule has 0 amide bonds. The summed E-state index contributed by atoms with van der Waals surface area (Å²) in [5.74, 6) is -0.861. The maximum absolute atomic E-state index is 12.8. The maximum Gasteiger partial charge on any atom is 0.306 e. The number of carbonyl (C=O) groups is 2. The van der Waals surface area contributed by atoms with Crippen LogP contribution in [0.4, 0.5) is 0 Å². The number of hydrogen-bond acceptors (Lipinski definition) is 10. The molecule has 0 radical (unpaired) electrons. The second-order valence-corrected chi connectivity index (χ2v) is 16.2. The van der Waals surface area contributed by atoms with Crippen molar-refractivity contribution in [3.8, 4) is 0 Å². The SMILES string of the molecule is CCCCCCCC/C=C/C/C=C/C/C=C/CCCC(=O)O[C@@H](COC(=O)CCCCCCCCCCCCCCCCCC)CO[C@H]1O[C@@H](CO)[C@@H](O)C(O)C1O. The zero-order valence-corrected chi connectivity index (χ0v) is 36.8. The number of aliphatic hydroxyl groups excluding tert-OH is 4. The fourth-order valence-electron chi connectivity index (χ4n) is 7.03. The summed E-state index contributed by atoms with van der Waals surface area (Å²) in [4.78, 5) is 25.3. The number of allylic oxidation sites excluding steroid dienone is 6. The number of rotatable bonds is 39. The van der Waals surface area contributed by atoms with E-state index in [9.17, 15) is 30.0 Å². The smallest absolute Gasteiger partial charge is 0.306 e. The Balaban J connectivity index is 2.35. The minimum atomic E-state index is -1.60. The molecule has 2 unspecified atom stereocenters. The van der Waals surface area contributed by atoms with Crippen LogP contribution in [0.2, 0.25) is 0 Å². The average Bonchev–Trinajstić information content (AvgIpc) is 3.22. The molecule has 0 aromatic rings. The van der Waals surface area contributed by atoms with E-state index in [0.29, 0.717) is 12.8 Å². The molecule has 338 valence electrons. The highest BCUT2D eigenvalue weighted by molar-refractivity contribution is 5.70. The van der Waals surface area contributed by atoms with Gasteiger partial charge in [0, 0.05) is 12.8 Å². The number of unbranched alkanes of at least 4 members (excludes halogenated alkanes) is 22. The van der Waals surface area contributed by atoms with Gasteiger partial charge in [0.25, 0.3) is 0 Å². The van der Waals surface area contributed by atoms with Gasteiger partial charge < -0.3 is 39.4 Å². The molecule has 6 atom stereocenters. The molecule has 1 aliphatic heterocycles. The Morgan fingerprint density at radius 1 is 0.534 bits per heavy atom. The molecule has 1 aliphatic rings. The standard InChI is InChI=1S/C48H86O10/c1-3-5-7-9-11-13-15-17-19-21-23-25-27-29-31-33-35-37-44(51)57-41(40-56-48-47(54)46(53)45(52)42(38-49)58-48)39-55-43(50)36-34-32-30-28-26-24-22-20-18-16-14-12-10-8-6-4-2/h17,19,23,25,29,31,41-42,45-49,52-54H,3-16,18,20-22,24,26-28,30,32-40H2,1-2H3/b19-17+,25-23+,31-29+/t41-,42-,45+,46?,47?,48-/m0/s1. The summed E-state index contributed by atoms with van der Waals surface area (Å²) in [6.45, 7) is 3.38. The van der Waals surface area contributed by atoms with Crippen LogP contribution in [0.1, 0.15) is 200 Å². The van der Waals surface area contributed by atoms with Gasteiger partial charge in [0.15, 0.2) is 12.4 Å². The fraction of sp³-hybridized carbons (Fsp3) is 0.833. The van der Waals surface area contributed by atoms with Crippen molar-refractivity contribution in [2.24, 2.45) is 0 Å². The summed E-state index contributed by atoms with van der Waals surface area (Å²) < 4.78 is 22.1. The molecular formula is C48H86O10. The Bertz CT molecular complexity index is 1040. The Hall–Kier alpha value is -2.08. The summed E-state index contributed by atoms with van der Waals surface area (Å²) in [5, 5.41) is 40.1. The molecule has 0 saturated carbocycles. The summed E-state index contributed by atoms with van der Waals surface area (Å²) >= 11 is 0. The van der Waals surface area contributed by atoms with Crippen molar-refractivity contribution in [3.63, 3.8) is 0 Å². The molecule has 58 heavy (non-hydrogen) atoms. The molecule has 10 nitrogen and oxygen atoms in total. The summed E-state index contributed by atoms with van der Waals surface area (Å²) in [6.07, 6.45) is 37.3. The third-order valence-corrected chi connectivity index (χ3v) is 10.8. The minimum Gasteiger partial charge on any atom is -0.462 e. The van der Waals surface area contributed by atoms with Crippen molar-refractivity contribution in [1.29, 1.82) is 0 Å². The minimum absolute atomic E-state index is 0.160. The van der Waals surface area contributed by atoms with Crippen LogP contribution in [0.3, 0.4) is 0 Å². The highest BCUT2D eigenvalue weighted by Crippen LogP contribution is 2.23. The van der Waals surface area contributed by atoms with E-state index in [1.807, 2.05) is 6.08 Å². The summed E-state index contributed by atoms with van der Waals surface area (Å²) in [5.41, 5.74) is 0.